The maximum atomic E-state index is 13.4. The number of hydrogen-bond acceptors (Lipinski definition) is 4. The summed E-state index contributed by atoms with van der Waals surface area (Å²) in [5.41, 5.74) is 1.40. The molecule has 0 aromatic heterocycles. The van der Waals surface area contributed by atoms with Crippen LogP contribution in [-0.4, -0.2) is 57.1 Å². The molecule has 0 fully saturated rings. The van der Waals surface area contributed by atoms with Gasteiger partial charge < -0.3 is 10.2 Å². The fourth-order valence-electron chi connectivity index (χ4n) is 3.27. The highest BCUT2D eigenvalue weighted by molar-refractivity contribution is 9.10. The van der Waals surface area contributed by atoms with Crippen LogP contribution in [0.5, 0.6) is 0 Å². The summed E-state index contributed by atoms with van der Waals surface area (Å²) in [6, 6.07) is 15.7. The summed E-state index contributed by atoms with van der Waals surface area (Å²) in [7, 11) is -3.73. The molecule has 33 heavy (non-hydrogen) atoms. The van der Waals surface area contributed by atoms with Crippen LogP contribution >= 0.6 is 15.9 Å². The van der Waals surface area contributed by atoms with E-state index in [0.29, 0.717) is 23.1 Å². The van der Waals surface area contributed by atoms with Gasteiger partial charge in [-0.25, -0.2) is 8.42 Å². The molecule has 9 heteroatoms. The zero-order valence-electron chi connectivity index (χ0n) is 19.5. The first kappa shape index (κ1) is 26.9. The van der Waals surface area contributed by atoms with E-state index in [-0.39, 0.29) is 18.4 Å². The Kier molecular flexibility index (Phi) is 9.91. The van der Waals surface area contributed by atoms with Crippen molar-refractivity contribution in [2.45, 2.75) is 33.2 Å². The van der Waals surface area contributed by atoms with Gasteiger partial charge in [0.25, 0.3) is 0 Å². The van der Waals surface area contributed by atoms with Gasteiger partial charge >= 0.3 is 0 Å². The number of benzene rings is 2. The number of anilines is 1. The fourth-order valence-corrected chi connectivity index (χ4v) is 4.50. The summed E-state index contributed by atoms with van der Waals surface area (Å²) in [6.07, 6.45) is 1.61. The molecule has 2 aromatic carbocycles. The van der Waals surface area contributed by atoms with Crippen molar-refractivity contribution in [3.63, 3.8) is 0 Å². The summed E-state index contributed by atoms with van der Waals surface area (Å²) in [4.78, 5) is 27.6. The molecule has 2 amide bonds. The highest BCUT2D eigenvalue weighted by Gasteiger charge is 2.29. The number of halogens is 1. The summed E-state index contributed by atoms with van der Waals surface area (Å²) in [5.74, 6) is -0.436. The molecular weight excluding hydrogens is 506 g/mol. The van der Waals surface area contributed by atoms with E-state index in [0.717, 1.165) is 16.1 Å². The van der Waals surface area contributed by atoms with E-state index in [1.807, 2.05) is 44.2 Å². The Morgan fingerprint density at radius 3 is 2.27 bits per heavy atom. The number of carbonyl (C=O) groups excluding carboxylic acids is 2. The van der Waals surface area contributed by atoms with Crippen molar-refractivity contribution in [2.24, 2.45) is 5.92 Å². The van der Waals surface area contributed by atoms with Crippen molar-refractivity contribution in [2.75, 3.05) is 30.2 Å². The molecule has 0 aliphatic rings. The second-order valence-corrected chi connectivity index (χ2v) is 11.2. The maximum absolute atomic E-state index is 13.4. The van der Waals surface area contributed by atoms with Gasteiger partial charge in [0.2, 0.25) is 21.8 Å². The number of amides is 2. The third-order valence-electron chi connectivity index (χ3n) is 5.11. The molecule has 0 radical (unpaired) electrons. The monoisotopic (exact) mass is 537 g/mol. The van der Waals surface area contributed by atoms with Crippen LogP contribution in [0, 0.1) is 5.92 Å². The van der Waals surface area contributed by atoms with Gasteiger partial charge in [0.1, 0.15) is 12.6 Å². The Morgan fingerprint density at radius 1 is 1.03 bits per heavy atom. The van der Waals surface area contributed by atoms with Gasteiger partial charge in [-0.05, 0) is 43.0 Å². The molecule has 1 atom stereocenters. The molecule has 1 unspecified atom stereocenters. The Bertz CT molecular complexity index is 1040. The average Bonchev–Trinajstić information content (AvgIpc) is 2.75. The van der Waals surface area contributed by atoms with Crippen molar-refractivity contribution < 1.29 is 18.0 Å². The highest BCUT2D eigenvalue weighted by Crippen LogP contribution is 2.22. The van der Waals surface area contributed by atoms with E-state index < -0.39 is 28.5 Å². The maximum Gasteiger partial charge on any atom is 0.244 e. The van der Waals surface area contributed by atoms with Gasteiger partial charge in [-0.2, -0.15) is 0 Å². The second kappa shape index (κ2) is 12.2. The first-order valence-corrected chi connectivity index (χ1v) is 13.5. The van der Waals surface area contributed by atoms with Gasteiger partial charge in [-0.1, -0.05) is 66.2 Å². The van der Waals surface area contributed by atoms with E-state index in [2.05, 4.69) is 21.2 Å². The van der Waals surface area contributed by atoms with Gasteiger partial charge in [-0.15, -0.1) is 0 Å². The van der Waals surface area contributed by atoms with Crippen molar-refractivity contribution in [1.29, 1.82) is 0 Å². The molecular formula is C24H32BrN3O4S. The van der Waals surface area contributed by atoms with Gasteiger partial charge in [0, 0.05) is 17.6 Å². The van der Waals surface area contributed by atoms with Crippen molar-refractivity contribution in [3.05, 3.63) is 64.6 Å². The minimum Gasteiger partial charge on any atom is -0.354 e. The van der Waals surface area contributed by atoms with Crippen molar-refractivity contribution in [3.8, 4) is 0 Å². The van der Waals surface area contributed by atoms with Crippen LogP contribution < -0.4 is 9.62 Å². The standard InChI is InChI=1S/C24H32BrN3O4S/c1-18(2)16-26-24(30)19(3)27(14-13-20-9-6-5-7-10-20)23(29)17-28(33(4,31)32)22-12-8-11-21(25)15-22/h5-12,15,18-19H,13-14,16-17H2,1-4H3,(H,26,30). The smallest absolute Gasteiger partial charge is 0.244 e. The molecule has 0 aliphatic heterocycles. The summed E-state index contributed by atoms with van der Waals surface area (Å²) < 4.78 is 26.8. The lowest BCUT2D eigenvalue weighted by Gasteiger charge is -2.31. The molecule has 0 aliphatic carbocycles. The third-order valence-corrected chi connectivity index (χ3v) is 6.75. The number of hydrogen-bond donors (Lipinski definition) is 1. The molecule has 2 rings (SSSR count). The largest absolute Gasteiger partial charge is 0.354 e. The number of nitrogens with zero attached hydrogens (tertiary/aromatic N) is 2. The van der Waals surface area contributed by atoms with Gasteiger partial charge in [-0.3, -0.25) is 13.9 Å². The summed E-state index contributed by atoms with van der Waals surface area (Å²) in [6.45, 7) is 6.04. The van der Waals surface area contributed by atoms with Gasteiger partial charge in [0.05, 0.1) is 11.9 Å². The predicted octanol–water partition coefficient (Wildman–Crippen LogP) is 3.45. The van der Waals surface area contributed by atoms with E-state index >= 15 is 0 Å². The van der Waals surface area contributed by atoms with Crippen LogP contribution in [0.15, 0.2) is 59.1 Å². The SMILES string of the molecule is CC(C)CNC(=O)C(C)N(CCc1ccccc1)C(=O)CN(c1cccc(Br)c1)S(C)(=O)=O. The van der Waals surface area contributed by atoms with E-state index in [1.165, 1.54) is 4.90 Å². The third kappa shape index (κ3) is 8.47. The zero-order chi connectivity index (χ0) is 24.6. The normalized spacial score (nSPS) is 12.3. The fraction of sp³-hybridized carbons (Fsp3) is 0.417. The summed E-state index contributed by atoms with van der Waals surface area (Å²) >= 11 is 3.34. The summed E-state index contributed by atoms with van der Waals surface area (Å²) in [5, 5.41) is 2.87. The number of rotatable bonds is 11. The van der Waals surface area contributed by atoms with Crippen LogP contribution in [0.1, 0.15) is 26.3 Å². The minimum atomic E-state index is -3.73. The number of nitrogens with one attached hydrogen (secondary N) is 1. The molecule has 7 nitrogen and oxygen atoms in total. The Labute approximate surface area is 205 Å². The molecule has 180 valence electrons. The lowest BCUT2D eigenvalue weighted by molar-refractivity contribution is -0.138. The molecule has 0 saturated heterocycles. The quantitative estimate of drug-likeness (QED) is 0.475. The topological polar surface area (TPSA) is 86.8 Å². The van der Waals surface area contributed by atoms with Crippen molar-refractivity contribution in [1.82, 2.24) is 10.2 Å². The lowest BCUT2D eigenvalue weighted by atomic mass is 10.1. The first-order chi connectivity index (χ1) is 15.5. The first-order valence-electron chi connectivity index (χ1n) is 10.8. The zero-order valence-corrected chi connectivity index (χ0v) is 21.9. The van der Waals surface area contributed by atoms with Crippen molar-refractivity contribution >= 4 is 43.5 Å². The van der Waals surface area contributed by atoms with Crippen LogP contribution in [-0.2, 0) is 26.0 Å². The molecule has 0 spiro atoms. The molecule has 0 heterocycles. The average molecular weight is 539 g/mol. The molecule has 0 saturated carbocycles. The lowest BCUT2D eigenvalue weighted by Crippen LogP contribution is -2.52. The van der Waals surface area contributed by atoms with E-state index in [9.17, 15) is 18.0 Å². The van der Waals surface area contributed by atoms with Crippen LogP contribution in [0.2, 0.25) is 0 Å². The van der Waals surface area contributed by atoms with E-state index in [1.54, 1.807) is 31.2 Å². The molecule has 0 bridgehead atoms. The van der Waals surface area contributed by atoms with E-state index in [4.69, 9.17) is 0 Å². The van der Waals surface area contributed by atoms with Crippen LogP contribution in [0.4, 0.5) is 5.69 Å². The Balaban J connectivity index is 2.28. The Hall–Kier alpha value is -2.39. The number of carbonyl (C=O) groups is 2. The van der Waals surface area contributed by atoms with Gasteiger partial charge in [0.15, 0.2) is 0 Å². The van der Waals surface area contributed by atoms with Crippen LogP contribution in [0.3, 0.4) is 0 Å². The second-order valence-electron chi connectivity index (χ2n) is 8.39. The predicted molar refractivity (Wildman–Crippen MR) is 136 cm³/mol. The highest BCUT2D eigenvalue weighted by atomic mass is 79.9. The number of sulfonamides is 1. The van der Waals surface area contributed by atoms with Crippen LogP contribution in [0.25, 0.3) is 0 Å². The molecule has 2 aromatic rings. The molecule has 1 N–H and O–H groups in total. The minimum absolute atomic E-state index is 0.265. The Morgan fingerprint density at radius 2 is 1.70 bits per heavy atom.